The van der Waals surface area contributed by atoms with E-state index in [1.165, 1.54) is 12.1 Å². The van der Waals surface area contributed by atoms with Gasteiger partial charge in [-0.1, -0.05) is 49.2 Å². The fourth-order valence-electron chi connectivity index (χ4n) is 3.36. The highest BCUT2D eigenvalue weighted by molar-refractivity contribution is 7.86. The first-order chi connectivity index (χ1) is 12.3. The van der Waals surface area contributed by atoms with Crippen molar-refractivity contribution in [2.45, 2.75) is 55.7 Å². The standard InChI is InChI=1S/C19H24O6S2/c1-12-5-7-18(26(20,21)22)16(9-12)14(3)11-15(4)17-10-13(2)6-8-19(17)27(23,24)25/h5-10,14-15H,11H2,1-4H3,(H,20,21,22)(H,23,24,25). The van der Waals surface area contributed by atoms with Crippen molar-refractivity contribution in [1.82, 2.24) is 0 Å². The van der Waals surface area contributed by atoms with E-state index < -0.39 is 20.2 Å². The number of hydrogen-bond acceptors (Lipinski definition) is 4. The summed E-state index contributed by atoms with van der Waals surface area (Å²) in [6, 6.07) is 9.38. The summed E-state index contributed by atoms with van der Waals surface area (Å²) in [6.07, 6.45) is 0.429. The summed E-state index contributed by atoms with van der Waals surface area (Å²) >= 11 is 0. The quantitative estimate of drug-likeness (QED) is 0.692. The molecule has 8 heteroatoms. The molecule has 0 aliphatic rings. The molecule has 2 atom stereocenters. The first-order valence-electron chi connectivity index (χ1n) is 8.46. The molecule has 2 aromatic rings. The predicted octanol–water partition coefficient (Wildman–Crippen LogP) is 4.09. The molecular formula is C19H24O6S2. The van der Waals surface area contributed by atoms with Crippen LogP contribution >= 0.6 is 0 Å². The molecule has 2 rings (SSSR count). The maximum Gasteiger partial charge on any atom is 0.294 e. The van der Waals surface area contributed by atoms with Crippen LogP contribution in [0.5, 0.6) is 0 Å². The maximum atomic E-state index is 11.7. The summed E-state index contributed by atoms with van der Waals surface area (Å²) in [4.78, 5) is -0.293. The molecule has 0 bridgehead atoms. The van der Waals surface area contributed by atoms with Crippen LogP contribution in [0.2, 0.25) is 0 Å². The summed E-state index contributed by atoms with van der Waals surface area (Å²) in [5, 5.41) is 0. The third-order valence-corrected chi connectivity index (χ3v) is 6.51. The first kappa shape index (κ1) is 21.6. The van der Waals surface area contributed by atoms with Crippen LogP contribution < -0.4 is 0 Å². The zero-order chi connectivity index (χ0) is 20.6. The Morgan fingerprint density at radius 1 is 0.741 bits per heavy atom. The molecular weight excluding hydrogens is 388 g/mol. The van der Waals surface area contributed by atoms with E-state index in [9.17, 15) is 25.9 Å². The second kappa shape index (κ2) is 7.71. The van der Waals surface area contributed by atoms with Gasteiger partial charge in [-0.3, -0.25) is 9.11 Å². The van der Waals surface area contributed by atoms with Crippen molar-refractivity contribution in [3.05, 3.63) is 58.7 Å². The maximum absolute atomic E-state index is 11.7. The lowest BCUT2D eigenvalue weighted by Gasteiger charge is -2.22. The van der Waals surface area contributed by atoms with E-state index in [0.29, 0.717) is 17.5 Å². The highest BCUT2D eigenvalue weighted by atomic mass is 32.2. The monoisotopic (exact) mass is 412 g/mol. The van der Waals surface area contributed by atoms with Crippen molar-refractivity contribution >= 4 is 20.2 Å². The molecule has 0 spiro atoms. The van der Waals surface area contributed by atoms with Crippen LogP contribution in [0.1, 0.15) is 54.4 Å². The van der Waals surface area contributed by atoms with Gasteiger partial charge in [0.1, 0.15) is 0 Å². The van der Waals surface area contributed by atoms with E-state index in [-0.39, 0.29) is 21.6 Å². The number of benzene rings is 2. The minimum Gasteiger partial charge on any atom is -0.282 e. The second-order valence-corrected chi connectivity index (χ2v) is 9.85. The molecule has 0 aliphatic carbocycles. The van der Waals surface area contributed by atoms with Gasteiger partial charge >= 0.3 is 0 Å². The Hall–Kier alpha value is -1.74. The Morgan fingerprint density at radius 3 is 1.37 bits per heavy atom. The molecule has 148 valence electrons. The van der Waals surface area contributed by atoms with Crippen LogP contribution in [0.3, 0.4) is 0 Å². The summed E-state index contributed by atoms with van der Waals surface area (Å²) in [7, 11) is -8.74. The Balaban J connectivity index is 2.45. The number of hydrogen-bond donors (Lipinski definition) is 2. The molecule has 2 aromatic carbocycles. The Bertz CT molecular complexity index is 970. The first-order valence-corrected chi connectivity index (χ1v) is 11.3. The van der Waals surface area contributed by atoms with Crippen molar-refractivity contribution in [2.75, 3.05) is 0 Å². The van der Waals surface area contributed by atoms with Crippen LogP contribution in [0.15, 0.2) is 46.2 Å². The van der Waals surface area contributed by atoms with Gasteiger partial charge in [0.25, 0.3) is 20.2 Å². The molecule has 0 amide bonds. The average Bonchev–Trinajstić information content (AvgIpc) is 2.52. The number of rotatable bonds is 6. The zero-order valence-electron chi connectivity index (χ0n) is 15.7. The van der Waals surface area contributed by atoms with Crippen molar-refractivity contribution in [2.24, 2.45) is 0 Å². The Kier molecular flexibility index (Phi) is 6.16. The minimum atomic E-state index is -4.37. The van der Waals surface area contributed by atoms with Crippen molar-refractivity contribution in [1.29, 1.82) is 0 Å². The second-order valence-electron chi connectivity index (χ2n) is 7.07. The van der Waals surface area contributed by atoms with Crippen molar-refractivity contribution in [3.8, 4) is 0 Å². The fourth-order valence-corrected chi connectivity index (χ4v) is 4.96. The van der Waals surface area contributed by atoms with E-state index in [0.717, 1.165) is 11.1 Å². The Morgan fingerprint density at radius 2 is 1.07 bits per heavy atom. The van der Waals surface area contributed by atoms with Gasteiger partial charge in [0.2, 0.25) is 0 Å². The lowest BCUT2D eigenvalue weighted by Crippen LogP contribution is -2.11. The summed E-state index contributed by atoms with van der Waals surface area (Å²) in [5.74, 6) is -0.543. The SMILES string of the molecule is Cc1ccc(S(=O)(=O)O)c(C(C)CC(C)c2cc(C)ccc2S(=O)(=O)O)c1. The molecule has 0 fully saturated rings. The highest BCUT2D eigenvalue weighted by Crippen LogP contribution is 2.35. The van der Waals surface area contributed by atoms with Gasteiger partial charge < -0.3 is 0 Å². The normalized spacial score (nSPS) is 14.7. The molecule has 0 aromatic heterocycles. The summed E-state index contributed by atoms with van der Waals surface area (Å²) < 4.78 is 65.8. The average molecular weight is 413 g/mol. The van der Waals surface area contributed by atoms with Gasteiger partial charge in [-0.2, -0.15) is 16.8 Å². The largest absolute Gasteiger partial charge is 0.294 e. The van der Waals surface area contributed by atoms with Crippen LogP contribution in [-0.2, 0) is 20.2 Å². The smallest absolute Gasteiger partial charge is 0.282 e. The molecule has 0 saturated heterocycles. The zero-order valence-corrected chi connectivity index (χ0v) is 17.3. The van der Waals surface area contributed by atoms with Crippen molar-refractivity contribution < 1.29 is 25.9 Å². The van der Waals surface area contributed by atoms with Gasteiger partial charge in [0, 0.05) is 0 Å². The van der Waals surface area contributed by atoms with Gasteiger partial charge in [-0.15, -0.1) is 0 Å². The number of aryl methyl sites for hydroxylation is 2. The highest BCUT2D eigenvalue weighted by Gasteiger charge is 2.24. The van der Waals surface area contributed by atoms with Gasteiger partial charge in [-0.05, 0) is 55.4 Å². The molecule has 0 saturated carbocycles. The third kappa shape index (κ3) is 5.16. The van der Waals surface area contributed by atoms with Crippen molar-refractivity contribution in [3.63, 3.8) is 0 Å². The molecule has 0 aliphatic heterocycles. The molecule has 2 unspecified atom stereocenters. The van der Waals surface area contributed by atoms with Crippen LogP contribution in [0.4, 0.5) is 0 Å². The fraction of sp³-hybridized carbons (Fsp3) is 0.368. The Labute approximate surface area is 160 Å². The lowest BCUT2D eigenvalue weighted by molar-refractivity contribution is 0.478. The summed E-state index contributed by atoms with van der Waals surface area (Å²) in [5.41, 5.74) is 2.66. The molecule has 2 N–H and O–H groups in total. The van der Waals surface area contributed by atoms with Gasteiger partial charge in [0.15, 0.2) is 0 Å². The van der Waals surface area contributed by atoms with Crippen LogP contribution in [-0.4, -0.2) is 25.9 Å². The third-order valence-electron chi connectivity index (χ3n) is 4.66. The molecule has 27 heavy (non-hydrogen) atoms. The topological polar surface area (TPSA) is 109 Å². The molecule has 0 radical (unpaired) electrons. The van der Waals surface area contributed by atoms with E-state index in [4.69, 9.17) is 0 Å². The minimum absolute atomic E-state index is 0.146. The molecule has 0 heterocycles. The molecule has 6 nitrogen and oxygen atoms in total. The van der Waals surface area contributed by atoms with E-state index in [1.807, 2.05) is 27.7 Å². The van der Waals surface area contributed by atoms with Gasteiger partial charge in [0.05, 0.1) is 9.79 Å². The summed E-state index contributed by atoms with van der Waals surface area (Å²) in [6.45, 7) is 7.29. The lowest BCUT2D eigenvalue weighted by atomic mass is 9.86. The van der Waals surface area contributed by atoms with E-state index in [2.05, 4.69) is 0 Å². The van der Waals surface area contributed by atoms with Crippen LogP contribution in [0, 0.1) is 13.8 Å². The predicted molar refractivity (Wildman–Crippen MR) is 103 cm³/mol. The van der Waals surface area contributed by atoms with E-state index >= 15 is 0 Å². The van der Waals surface area contributed by atoms with Crippen LogP contribution in [0.25, 0.3) is 0 Å². The van der Waals surface area contributed by atoms with E-state index in [1.54, 1.807) is 24.3 Å². The van der Waals surface area contributed by atoms with Gasteiger partial charge in [-0.25, -0.2) is 0 Å².